The summed E-state index contributed by atoms with van der Waals surface area (Å²) >= 11 is 6.03. The van der Waals surface area contributed by atoms with Crippen LogP contribution >= 0.6 is 11.6 Å². The van der Waals surface area contributed by atoms with Crippen LogP contribution in [0.5, 0.6) is 0 Å². The number of carbonyl (C=O) groups excluding carboxylic acids is 1. The van der Waals surface area contributed by atoms with Gasteiger partial charge < -0.3 is 15.6 Å². The fourth-order valence-electron chi connectivity index (χ4n) is 2.74. The lowest BCUT2D eigenvalue weighted by atomic mass is 10.2. The van der Waals surface area contributed by atoms with E-state index in [1.54, 1.807) is 18.2 Å². The molecule has 3 N–H and O–H groups in total. The monoisotopic (exact) mass is 377 g/mol. The maximum Gasteiger partial charge on any atom is 0.268 e. The molecule has 0 atom stereocenters. The first kappa shape index (κ1) is 17.1. The van der Waals surface area contributed by atoms with Crippen molar-refractivity contribution in [1.82, 2.24) is 20.3 Å². The Balaban J connectivity index is 1.56. The van der Waals surface area contributed by atoms with Gasteiger partial charge in [-0.25, -0.2) is 9.97 Å². The number of aromatic amines is 1. The number of anilines is 2. The summed E-state index contributed by atoms with van der Waals surface area (Å²) in [7, 11) is 0. The van der Waals surface area contributed by atoms with E-state index in [4.69, 9.17) is 11.6 Å². The number of hydrogen-bond donors (Lipinski definition) is 3. The van der Waals surface area contributed by atoms with E-state index in [0.29, 0.717) is 28.7 Å². The summed E-state index contributed by atoms with van der Waals surface area (Å²) < 4.78 is 0. The average molecular weight is 378 g/mol. The zero-order valence-electron chi connectivity index (χ0n) is 14.2. The number of benzene rings is 2. The molecule has 0 spiro atoms. The zero-order valence-corrected chi connectivity index (χ0v) is 15.0. The number of nitrogens with one attached hydrogen (secondary N) is 3. The van der Waals surface area contributed by atoms with Gasteiger partial charge in [-0.05, 0) is 29.8 Å². The molecule has 0 saturated heterocycles. The van der Waals surface area contributed by atoms with Crippen molar-refractivity contribution in [3.63, 3.8) is 0 Å². The minimum Gasteiger partial charge on any atom is -0.347 e. The van der Waals surface area contributed by atoms with E-state index in [9.17, 15) is 4.79 Å². The fraction of sp³-hybridized carbons (Fsp3) is 0.0500. The van der Waals surface area contributed by atoms with Crippen LogP contribution in [0.1, 0.15) is 16.1 Å². The van der Waals surface area contributed by atoms with Gasteiger partial charge in [-0.15, -0.1) is 0 Å². The highest BCUT2D eigenvalue weighted by atomic mass is 35.5. The molecule has 0 aliphatic rings. The molecule has 4 aromatic rings. The normalized spacial score (nSPS) is 10.7. The molecule has 4 rings (SSSR count). The smallest absolute Gasteiger partial charge is 0.268 e. The van der Waals surface area contributed by atoms with Crippen molar-refractivity contribution < 1.29 is 4.79 Å². The minimum atomic E-state index is -0.203. The van der Waals surface area contributed by atoms with E-state index in [0.717, 1.165) is 16.6 Å². The molecule has 0 aliphatic carbocycles. The predicted molar refractivity (Wildman–Crippen MR) is 106 cm³/mol. The van der Waals surface area contributed by atoms with E-state index in [2.05, 4.69) is 25.6 Å². The molecule has 1 amide bonds. The summed E-state index contributed by atoms with van der Waals surface area (Å²) in [4.78, 5) is 24.0. The van der Waals surface area contributed by atoms with Crippen LogP contribution in [0.25, 0.3) is 11.0 Å². The largest absolute Gasteiger partial charge is 0.347 e. The molecule has 2 aromatic carbocycles. The number of halogens is 1. The van der Waals surface area contributed by atoms with E-state index in [1.165, 1.54) is 6.33 Å². The van der Waals surface area contributed by atoms with Gasteiger partial charge in [-0.3, -0.25) is 4.79 Å². The van der Waals surface area contributed by atoms with Crippen LogP contribution in [0.2, 0.25) is 5.02 Å². The minimum absolute atomic E-state index is 0.203. The maximum atomic E-state index is 12.5. The lowest BCUT2D eigenvalue weighted by molar-refractivity contribution is 0.0946. The van der Waals surface area contributed by atoms with Crippen molar-refractivity contribution in [2.24, 2.45) is 0 Å². The van der Waals surface area contributed by atoms with Gasteiger partial charge in [-0.2, -0.15) is 0 Å². The fourth-order valence-corrected chi connectivity index (χ4v) is 2.93. The van der Waals surface area contributed by atoms with Crippen LogP contribution in [0.3, 0.4) is 0 Å². The number of aromatic nitrogens is 3. The molecular weight excluding hydrogens is 362 g/mol. The van der Waals surface area contributed by atoms with Gasteiger partial charge in [0.2, 0.25) is 0 Å². The highest BCUT2D eigenvalue weighted by molar-refractivity contribution is 6.30. The Kier molecular flexibility index (Phi) is 4.72. The number of nitrogens with zero attached hydrogens (tertiary/aromatic N) is 2. The first-order valence-corrected chi connectivity index (χ1v) is 8.75. The van der Waals surface area contributed by atoms with Crippen molar-refractivity contribution in [2.75, 3.05) is 5.32 Å². The number of rotatable bonds is 5. The maximum absolute atomic E-state index is 12.5. The molecule has 0 unspecified atom stereocenters. The van der Waals surface area contributed by atoms with Crippen molar-refractivity contribution in [3.8, 4) is 0 Å². The third-order valence-electron chi connectivity index (χ3n) is 4.05. The highest BCUT2D eigenvalue weighted by Crippen LogP contribution is 2.25. The summed E-state index contributed by atoms with van der Waals surface area (Å²) in [5, 5.41) is 7.46. The lowest BCUT2D eigenvalue weighted by Gasteiger charge is -2.06. The van der Waals surface area contributed by atoms with Crippen LogP contribution in [0.15, 0.2) is 67.0 Å². The summed E-state index contributed by atoms with van der Waals surface area (Å²) in [6.45, 7) is 0.453. The Labute approximate surface area is 160 Å². The third kappa shape index (κ3) is 3.91. The first-order valence-electron chi connectivity index (χ1n) is 8.37. The molecule has 0 bridgehead atoms. The molecule has 0 radical (unpaired) electrons. The number of fused-ring (bicyclic) bond motifs is 1. The molecule has 7 heteroatoms. The second-order valence-corrected chi connectivity index (χ2v) is 6.41. The molecule has 0 saturated carbocycles. The van der Waals surface area contributed by atoms with Crippen LogP contribution in [-0.2, 0) is 6.54 Å². The number of amides is 1. The van der Waals surface area contributed by atoms with Gasteiger partial charge in [0.05, 0.1) is 5.39 Å². The summed E-state index contributed by atoms with van der Waals surface area (Å²) in [5.41, 5.74) is 2.85. The Morgan fingerprint density at radius 2 is 1.89 bits per heavy atom. The van der Waals surface area contributed by atoms with Crippen LogP contribution < -0.4 is 10.6 Å². The lowest BCUT2D eigenvalue weighted by Crippen LogP contribution is -2.22. The van der Waals surface area contributed by atoms with E-state index in [1.807, 2.05) is 42.5 Å². The standard InChI is InChI=1S/C20H16ClN5O/c21-14-7-4-8-15(9-14)25-18-16-10-17(26-19(16)24-12-23-18)20(27)22-11-13-5-2-1-3-6-13/h1-10,12H,11H2,(H,22,27)(H2,23,24,25,26). The Hall–Kier alpha value is -3.38. The number of hydrogen-bond acceptors (Lipinski definition) is 4. The van der Waals surface area contributed by atoms with E-state index in [-0.39, 0.29) is 5.91 Å². The quantitative estimate of drug-likeness (QED) is 0.484. The summed E-state index contributed by atoms with van der Waals surface area (Å²) in [6.07, 6.45) is 1.44. The van der Waals surface area contributed by atoms with Crippen LogP contribution in [0.4, 0.5) is 11.5 Å². The predicted octanol–water partition coefficient (Wildman–Crippen LogP) is 4.28. The van der Waals surface area contributed by atoms with Crippen molar-refractivity contribution in [3.05, 3.63) is 83.3 Å². The zero-order chi connectivity index (χ0) is 18.6. The van der Waals surface area contributed by atoms with Crippen LogP contribution in [-0.4, -0.2) is 20.9 Å². The SMILES string of the molecule is O=C(NCc1ccccc1)c1cc2c(Nc3cccc(Cl)c3)ncnc2[nH]1. The molecule has 6 nitrogen and oxygen atoms in total. The summed E-state index contributed by atoms with van der Waals surface area (Å²) in [5.74, 6) is 0.395. The average Bonchev–Trinajstić information content (AvgIpc) is 3.12. The van der Waals surface area contributed by atoms with E-state index >= 15 is 0 Å². The molecule has 2 heterocycles. The third-order valence-corrected chi connectivity index (χ3v) is 4.29. The number of H-pyrrole nitrogens is 1. The van der Waals surface area contributed by atoms with Gasteiger partial charge in [0.25, 0.3) is 5.91 Å². The van der Waals surface area contributed by atoms with Crippen molar-refractivity contribution in [1.29, 1.82) is 0 Å². The van der Waals surface area contributed by atoms with E-state index < -0.39 is 0 Å². The van der Waals surface area contributed by atoms with Crippen molar-refractivity contribution in [2.45, 2.75) is 6.54 Å². The Morgan fingerprint density at radius 3 is 2.70 bits per heavy atom. The second-order valence-electron chi connectivity index (χ2n) is 5.97. The van der Waals surface area contributed by atoms with Crippen molar-refractivity contribution >= 4 is 40.0 Å². The molecule has 0 fully saturated rings. The molecule has 134 valence electrons. The molecular formula is C20H16ClN5O. The van der Waals surface area contributed by atoms with Gasteiger partial charge in [-0.1, -0.05) is 48.0 Å². The Morgan fingerprint density at radius 1 is 1.04 bits per heavy atom. The van der Waals surface area contributed by atoms with Gasteiger partial charge >= 0.3 is 0 Å². The van der Waals surface area contributed by atoms with Gasteiger partial charge in [0, 0.05) is 17.3 Å². The summed E-state index contributed by atoms with van der Waals surface area (Å²) in [6, 6.07) is 18.8. The topological polar surface area (TPSA) is 82.7 Å². The molecule has 2 aromatic heterocycles. The molecule has 27 heavy (non-hydrogen) atoms. The van der Waals surface area contributed by atoms with Gasteiger partial charge in [0.15, 0.2) is 0 Å². The second kappa shape index (κ2) is 7.47. The number of carbonyl (C=O) groups is 1. The van der Waals surface area contributed by atoms with Crippen LogP contribution in [0, 0.1) is 0 Å². The Bertz CT molecular complexity index is 1090. The first-order chi connectivity index (χ1) is 13.2. The highest BCUT2D eigenvalue weighted by Gasteiger charge is 2.13. The van der Waals surface area contributed by atoms with Gasteiger partial charge in [0.1, 0.15) is 23.5 Å². The molecule has 0 aliphatic heterocycles.